The van der Waals surface area contributed by atoms with Crippen molar-refractivity contribution in [1.82, 2.24) is 0 Å². The summed E-state index contributed by atoms with van der Waals surface area (Å²) in [6.45, 7) is 0. The predicted octanol–water partition coefficient (Wildman–Crippen LogP) is 17.2. The van der Waals surface area contributed by atoms with Gasteiger partial charge in [0.05, 0.1) is 5.69 Å². The van der Waals surface area contributed by atoms with Gasteiger partial charge in [-0.25, -0.2) is 0 Å². The van der Waals surface area contributed by atoms with Crippen molar-refractivity contribution in [3.05, 3.63) is 237 Å². The van der Waals surface area contributed by atoms with Crippen LogP contribution >= 0.6 is 0 Å². The minimum Gasteiger partial charge on any atom is -0.456 e. The van der Waals surface area contributed by atoms with Gasteiger partial charge in [0.15, 0.2) is 0 Å². The molecule has 0 saturated carbocycles. The monoisotopic (exact) mass is 789 g/mol. The first-order valence-electron chi connectivity index (χ1n) is 21.2. The molecular formula is C60H39NO. The SMILES string of the molecule is c1ccc(N(c2ccc(-c3ccc4ccccc4c3)cc2)c2ccc(-c3cccc4oc5ccccc5c34)cc2)c(-c2ccc(-c3cccc4c3ccc3ccccc34)cc2)c1. The average Bonchev–Trinajstić information content (AvgIpc) is 3.74. The molecule has 0 bridgehead atoms. The maximum atomic E-state index is 6.27. The van der Waals surface area contributed by atoms with Crippen LogP contribution in [0.1, 0.15) is 0 Å². The summed E-state index contributed by atoms with van der Waals surface area (Å²) in [5.41, 5.74) is 14.5. The molecule has 2 heteroatoms. The highest BCUT2D eigenvalue weighted by Crippen LogP contribution is 2.44. The fourth-order valence-electron chi connectivity index (χ4n) is 9.44. The molecule has 0 radical (unpaired) electrons. The summed E-state index contributed by atoms with van der Waals surface area (Å²) in [5.74, 6) is 0. The van der Waals surface area contributed by atoms with E-state index in [2.05, 4.69) is 229 Å². The lowest BCUT2D eigenvalue weighted by molar-refractivity contribution is 0.669. The first kappa shape index (κ1) is 35.7. The zero-order valence-corrected chi connectivity index (χ0v) is 33.9. The van der Waals surface area contributed by atoms with E-state index in [4.69, 9.17) is 4.42 Å². The molecule has 12 aromatic rings. The maximum Gasteiger partial charge on any atom is 0.136 e. The summed E-state index contributed by atoms with van der Waals surface area (Å²) in [6, 6.07) is 85.5. The molecule has 0 aliphatic carbocycles. The first-order chi connectivity index (χ1) is 30.7. The molecule has 0 atom stereocenters. The van der Waals surface area contributed by atoms with E-state index in [9.17, 15) is 0 Å². The van der Waals surface area contributed by atoms with Crippen LogP contribution in [0.2, 0.25) is 0 Å². The van der Waals surface area contributed by atoms with E-state index < -0.39 is 0 Å². The molecule has 62 heavy (non-hydrogen) atoms. The predicted molar refractivity (Wildman–Crippen MR) is 263 cm³/mol. The Morgan fingerprint density at radius 2 is 0.790 bits per heavy atom. The summed E-state index contributed by atoms with van der Waals surface area (Å²) in [4.78, 5) is 2.39. The number of furan rings is 1. The highest BCUT2D eigenvalue weighted by Gasteiger charge is 2.19. The molecule has 11 aromatic carbocycles. The highest BCUT2D eigenvalue weighted by molar-refractivity contribution is 6.13. The van der Waals surface area contributed by atoms with Crippen LogP contribution < -0.4 is 4.90 Å². The number of nitrogens with zero attached hydrogens (tertiary/aromatic N) is 1. The number of fused-ring (bicyclic) bond motifs is 7. The molecule has 290 valence electrons. The molecule has 0 aliphatic heterocycles. The number of para-hydroxylation sites is 2. The van der Waals surface area contributed by atoms with E-state index in [1.54, 1.807) is 0 Å². The van der Waals surface area contributed by atoms with Gasteiger partial charge in [-0.2, -0.15) is 0 Å². The number of hydrogen-bond acceptors (Lipinski definition) is 2. The normalized spacial score (nSPS) is 11.5. The summed E-state index contributed by atoms with van der Waals surface area (Å²) in [6.07, 6.45) is 0. The van der Waals surface area contributed by atoms with E-state index in [1.165, 1.54) is 54.6 Å². The second-order valence-corrected chi connectivity index (χ2v) is 16.0. The highest BCUT2D eigenvalue weighted by atomic mass is 16.3. The van der Waals surface area contributed by atoms with Crippen molar-refractivity contribution in [2.45, 2.75) is 0 Å². The van der Waals surface area contributed by atoms with Crippen molar-refractivity contribution in [2.75, 3.05) is 4.90 Å². The van der Waals surface area contributed by atoms with Gasteiger partial charge in [-0.15, -0.1) is 0 Å². The van der Waals surface area contributed by atoms with E-state index in [0.29, 0.717) is 0 Å². The second-order valence-electron chi connectivity index (χ2n) is 16.0. The zero-order chi connectivity index (χ0) is 41.0. The van der Waals surface area contributed by atoms with Gasteiger partial charge in [0.1, 0.15) is 11.2 Å². The second kappa shape index (κ2) is 14.8. The molecule has 0 N–H and O–H groups in total. The largest absolute Gasteiger partial charge is 0.456 e. The Labute approximate surface area is 360 Å². The number of hydrogen-bond donors (Lipinski definition) is 0. The van der Waals surface area contributed by atoms with Gasteiger partial charge in [0, 0.05) is 27.7 Å². The van der Waals surface area contributed by atoms with Crippen molar-refractivity contribution in [1.29, 1.82) is 0 Å². The van der Waals surface area contributed by atoms with Crippen LogP contribution in [-0.2, 0) is 0 Å². The molecule has 0 unspecified atom stereocenters. The van der Waals surface area contributed by atoms with Crippen LogP contribution in [-0.4, -0.2) is 0 Å². The van der Waals surface area contributed by atoms with Crippen LogP contribution in [0.15, 0.2) is 241 Å². The van der Waals surface area contributed by atoms with Crippen molar-refractivity contribution in [3.63, 3.8) is 0 Å². The van der Waals surface area contributed by atoms with Crippen LogP contribution in [0.3, 0.4) is 0 Å². The van der Waals surface area contributed by atoms with E-state index in [-0.39, 0.29) is 0 Å². The molecule has 0 spiro atoms. The average molecular weight is 790 g/mol. The minimum atomic E-state index is 0.898. The molecule has 12 rings (SSSR count). The van der Waals surface area contributed by atoms with Crippen molar-refractivity contribution in [3.8, 4) is 44.5 Å². The Bertz CT molecular complexity index is 3620. The van der Waals surface area contributed by atoms with Gasteiger partial charge in [0.2, 0.25) is 0 Å². The fraction of sp³-hybridized carbons (Fsp3) is 0. The number of anilines is 3. The summed E-state index contributed by atoms with van der Waals surface area (Å²) < 4.78 is 6.27. The van der Waals surface area contributed by atoms with Gasteiger partial charge in [-0.05, 0) is 120 Å². The third-order valence-corrected chi connectivity index (χ3v) is 12.5. The fourth-order valence-corrected chi connectivity index (χ4v) is 9.44. The lowest BCUT2D eigenvalue weighted by Crippen LogP contribution is -2.11. The minimum absolute atomic E-state index is 0.898. The van der Waals surface area contributed by atoms with E-state index in [1.807, 2.05) is 12.1 Å². The van der Waals surface area contributed by atoms with Gasteiger partial charge in [-0.3, -0.25) is 0 Å². The molecular weight excluding hydrogens is 751 g/mol. The standard InChI is InChI=1S/C60H39NO/c1-2-13-46-39-47(28-23-40(46)11-1)41-29-34-48(35-30-41)61(49-36-31-45(32-37-49)53-18-10-22-59-60(53)56-16-6-8-21-58(56)62-59)57-20-7-5-15-52(57)44-26-24-43(25-27-44)51-17-9-19-54-50-14-4-3-12-42(50)33-38-55(51)54/h1-39H. The Morgan fingerprint density at radius 3 is 1.60 bits per heavy atom. The van der Waals surface area contributed by atoms with Crippen LogP contribution in [0.4, 0.5) is 17.1 Å². The zero-order valence-electron chi connectivity index (χ0n) is 33.9. The Morgan fingerprint density at radius 1 is 0.274 bits per heavy atom. The van der Waals surface area contributed by atoms with Crippen molar-refractivity contribution < 1.29 is 4.42 Å². The van der Waals surface area contributed by atoms with Crippen LogP contribution in [0, 0.1) is 0 Å². The van der Waals surface area contributed by atoms with Gasteiger partial charge in [0.25, 0.3) is 0 Å². The van der Waals surface area contributed by atoms with Crippen LogP contribution in [0.5, 0.6) is 0 Å². The summed E-state index contributed by atoms with van der Waals surface area (Å²) >= 11 is 0. The first-order valence-corrected chi connectivity index (χ1v) is 21.2. The molecule has 0 saturated heterocycles. The number of benzene rings is 11. The third-order valence-electron chi connectivity index (χ3n) is 12.5. The Balaban J connectivity index is 0.959. The van der Waals surface area contributed by atoms with Gasteiger partial charge in [-0.1, -0.05) is 188 Å². The summed E-state index contributed by atoms with van der Waals surface area (Å²) in [5, 5.41) is 9.83. The van der Waals surface area contributed by atoms with Crippen molar-refractivity contribution >= 4 is 71.3 Å². The van der Waals surface area contributed by atoms with Crippen molar-refractivity contribution in [2.24, 2.45) is 0 Å². The van der Waals surface area contributed by atoms with Gasteiger partial charge >= 0.3 is 0 Å². The maximum absolute atomic E-state index is 6.27. The van der Waals surface area contributed by atoms with Crippen LogP contribution in [0.25, 0.3) is 98.8 Å². The summed E-state index contributed by atoms with van der Waals surface area (Å²) in [7, 11) is 0. The van der Waals surface area contributed by atoms with Gasteiger partial charge < -0.3 is 9.32 Å². The molecule has 0 fully saturated rings. The topological polar surface area (TPSA) is 16.4 Å². The molecule has 2 nitrogen and oxygen atoms in total. The lowest BCUT2D eigenvalue weighted by Gasteiger charge is -2.28. The lowest BCUT2D eigenvalue weighted by atomic mass is 9.93. The quantitative estimate of drug-likeness (QED) is 0.150. The molecule has 0 amide bonds. The smallest absolute Gasteiger partial charge is 0.136 e. The Hall–Kier alpha value is -8.20. The molecule has 1 heterocycles. The third kappa shape index (κ3) is 6.12. The Kier molecular flexibility index (Phi) is 8.53. The van der Waals surface area contributed by atoms with E-state index in [0.717, 1.165) is 61.3 Å². The van der Waals surface area contributed by atoms with E-state index >= 15 is 0 Å². The molecule has 0 aliphatic rings. The molecule has 1 aromatic heterocycles. The number of rotatable bonds is 7.